The smallest absolute Gasteiger partial charge is 0.119 e. The molecule has 0 bridgehead atoms. The maximum absolute atomic E-state index is 6.73. The van der Waals surface area contributed by atoms with Crippen LogP contribution in [-0.4, -0.2) is 39.6 Å². The summed E-state index contributed by atoms with van der Waals surface area (Å²) < 4.78 is 40.4. The molecule has 0 aliphatic carbocycles. The SMILES string of the molecule is CCCCCCCCOc1cc(C)c(-c2cc(-c3c(C)cc(OCCCCCCCC)cc3C)cc(P(c3cc(-c4c(C)cc(OCCCCCCCC)cc4C)cc(-c4c(C)cc(OCCCCCCCC)cc4C)c3)c3cc(-c4c(C)cc(OCCCCCCCC)cc4C)cc(-c4c(C)cc(OCCCCCCCC)cc4C)c3)c2)c(C)c1. The Balaban J connectivity index is 1.35. The third-order valence-electron chi connectivity index (χ3n) is 24.9. The first-order chi connectivity index (χ1) is 58.8. The minimum absolute atomic E-state index is 0.715. The van der Waals surface area contributed by atoms with E-state index in [1.54, 1.807) is 0 Å². The molecule has 0 saturated carbocycles. The fraction of sp³-hybridized carbons (Fsp3) is 0.526. The van der Waals surface area contributed by atoms with E-state index in [0.29, 0.717) is 39.6 Å². The number of rotatable bonds is 57. The van der Waals surface area contributed by atoms with Gasteiger partial charge < -0.3 is 28.4 Å². The number of hydrogen-bond donors (Lipinski definition) is 0. The van der Waals surface area contributed by atoms with Crippen molar-refractivity contribution in [2.45, 2.75) is 356 Å². The average molecular weight is 1660 g/mol. The van der Waals surface area contributed by atoms with Crippen molar-refractivity contribution in [3.63, 3.8) is 0 Å². The maximum Gasteiger partial charge on any atom is 0.119 e. The van der Waals surface area contributed by atoms with Crippen LogP contribution in [0.25, 0.3) is 66.8 Å². The molecule has 9 rings (SSSR count). The predicted molar refractivity (Wildman–Crippen MR) is 528 cm³/mol. The predicted octanol–water partition coefficient (Wildman–Crippen LogP) is 33.6. The molecule has 0 heterocycles. The second-order valence-electron chi connectivity index (χ2n) is 35.9. The van der Waals surface area contributed by atoms with Crippen LogP contribution >= 0.6 is 7.92 Å². The van der Waals surface area contributed by atoms with E-state index in [1.807, 2.05) is 0 Å². The lowest BCUT2D eigenvalue weighted by Crippen LogP contribution is -2.22. The molecule has 0 aliphatic rings. The molecule has 0 radical (unpaired) electrons. The number of benzene rings is 9. The topological polar surface area (TPSA) is 55.4 Å². The molecule has 9 aromatic carbocycles. The molecule has 0 spiro atoms. The number of aryl methyl sites for hydroxylation is 12. The Hall–Kier alpha value is -7.79. The summed E-state index contributed by atoms with van der Waals surface area (Å²) >= 11 is 0. The lowest BCUT2D eigenvalue weighted by Gasteiger charge is -2.27. The summed E-state index contributed by atoms with van der Waals surface area (Å²) in [5.41, 5.74) is 29.1. The van der Waals surface area contributed by atoms with E-state index in [-0.39, 0.29) is 0 Å². The minimum Gasteiger partial charge on any atom is -0.494 e. The number of ether oxygens (including phenoxy) is 6. The van der Waals surface area contributed by atoms with Crippen LogP contribution in [0.1, 0.15) is 339 Å². The molecule has 0 amide bonds. The molecule has 0 atom stereocenters. The fourth-order valence-corrected chi connectivity index (χ4v) is 21.2. The van der Waals surface area contributed by atoms with Crippen LogP contribution in [-0.2, 0) is 0 Å². The highest BCUT2D eigenvalue weighted by molar-refractivity contribution is 7.79. The van der Waals surface area contributed by atoms with Gasteiger partial charge >= 0.3 is 0 Å². The van der Waals surface area contributed by atoms with Gasteiger partial charge in [-0.2, -0.15) is 0 Å². The van der Waals surface area contributed by atoms with Gasteiger partial charge in [-0.05, 0) is 406 Å². The summed E-state index contributed by atoms with van der Waals surface area (Å²) in [5.74, 6) is 5.67. The standard InChI is InChI=1S/C114H159O6P/c1-19-25-31-37-43-49-55-115-100-61-82(7)109(83(8)62-100)94-73-95(110-84(9)63-101(64-85(110)10)116-56-50-44-38-32-26-20-2)77-106(76-94)121(107-78-96(111-86(11)65-102(66-87(111)12)117-57-51-45-39-33-27-21-3)74-97(79-107)112-88(13)67-103(68-89(112)14)118-58-52-46-40-34-28-22-4)108-80-98(113-90(15)69-104(70-91(113)16)119-59-53-47-41-35-29-23-5)75-99(81-108)114-92(17)71-105(72-93(114)18)120-60-54-48-42-36-30-24-6/h61-81H,19-60H2,1-18H3. The summed E-state index contributed by atoms with van der Waals surface area (Å²) in [4.78, 5) is 0. The second-order valence-corrected chi connectivity index (χ2v) is 38.2. The van der Waals surface area contributed by atoms with Gasteiger partial charge in [0.05, 0.1) is 39.6 Å². The molecule has 0 aromatic heterocycles. The summed E-state index contributed by atoms with van der Waals surface area (Å²) in [7, 11) is -1.48. The Morgan fingerprint density at radius 2 is 0.281 bits per heavy atom. The van der Waals surface area contributed by atoms with Gasteiger partial charge in [-0.1, -0.05) is 234 Å². The lowest BCUT2D eigenvalue weighted by molar-refractivity contribution is 0.304. The van der Waals surface area contributed by atoms with Crippen LogP contribution in [0.2, 0.25) is 0 Å². The van der Waals surface area contributed by atoms with Gasteiger partial charge in [-0.25, -0.2) is 0 Å². The Morgan fingerprint density at radius 3 is 0.413 bits per heavy atom. The molecule has 7 heteroatoms. The van der Waals surface area contributed by atoms with Crippen LogP contribution < -0.4 is 44.3 Å². The van der Waals surface area contributed by atoms with E-state index in [9.17, 15) is 0 Å². The van der Waals surface area contributed by atoms with Crippen molar-refractivity contribution in [2.24, 2.45) is 0 Å². The van der Waals surface area contributed by atoms with Crippen LogP contribution in [0.5, 0.6) is 34.5 Å². The Labute approximate surface area is 738 Å². The largest absolute Gasteiger partial charge is 0.494 e. The third kappa shape index (κ3) is 29.7. The molecule has 0 N–H and O–H groups in total. The van der Waals surface area contributed by atoms with E-state index >= 15 is 0 Å². The van der Waals surface area contributed by atoms with E-state index < -0.39 is 7.92 Å². The van der Waals surface area contributed by atoms with Crippen molar-refractivity contribution < 1.29 is 28.4 Å². The van der Waals surface area contributed by atoms with Crippen LogP contribution in [0.4, 0.5) is 0 Å². The highest BCUT2D eigenvalue weighted by Gasteiger charge is 2.28. The molecule has 656 valence electrons. The molecule has 6 nitrogen and oxygen atoms in total. The van der Waals surface area contributed by atoms with Gasteiger partial charge in [0.25, 0.3) is 0 Å². The molecule has 0 aliphatic heterocycles. The van der Waals surface area contributed by atoms with Crippen molar-refractivity contribution in [3.05, 3.63) is 194 Å². The quantitative estimate of drug-likeness (QED) is 0.0280. The summed E-state index contributed by atoms with van der Waals surface area (Å²) in [5, 5.41) is 3.82. The van der Waals surface area contributed by atoms with Crippen LogP contribution in [0.15, 0.2) is 127 Å². The maximum atomic E-state index is 6.73. The molecule has 0 saturated heterocycles. The number of unbranched alkanes of at least 4 members (excludes halogenated alkanes) is 30. The minimum atomic E-state index is -1.48. The molecular formula is C114H159O6P. The fourth-order valence-electron chi connectivity index (χ4n) is 18.7. The van der Waals surface area contributed by atoms with Gasteiger partial charge in [0.2, 0.25) is 0 Å². The third-order valence-corrected chi connectivity index (χ3v) is 27.2. The van der Waals surface area contributed by atoms with Crippen molar-refractivity contribution in [3.8, 4) is 101 Å². The Kier molecular flexibility index (Phi) is 41.8. The van der Waals surface area contributed by atoms with Crippen molar-refractivity contribution in [1.82, 2.24) is 0 Å². The van der Waals surface area contributed by atoms with E-state index in [1.165, 1.54) is 342 Å². The molecular weight excluding hydrogens is 1500 g/mol. The second kappa shape index (κ2) is 52.1. The first-order valence-corrected chi connectivity index (χ1v) is 49.8. The molecule has 9 aromatic rings. The van der Waals surface area contributed by atoms with Crippen LogP contribution in [0, 0.1) is 83.1 Å². The summed E-state index contributed by atoms with van der Waals surface area (Å²) in [6.07, 6.45) is 44.0. The van der Waals surface area contributed by atoms with Gasteiger partial charge in [-0.15, -0.1) is 0 Å². The Bertz CT molecular complexity index is 3770. The van der Waals surface area contributed by atoms with Gasteiger partial charge in [0, 0.05) is 0 Å². The molecule has 0 fully saturated rings. The van der Waals surface area contributed by atoms with Crippen molar-refractivity contribution >= 4 is 23.8 Å². The van der Waals surface area contributed by atoms with Gasteiger partial charge in [-0.3, -0.25) is 0 Å². The first-order valence-electron chi connectivity index (χ1n) is 48.5. The highest BCUT2D eigenvalue weighted by atomic mass is 31.1. The monoisotopic (exact) mass is 1660 g/mol. The highest BCUT2D eigenvalue weighted by Crippen LogP contribution is 2.47. The zero-order chi connectivity index (χ0) is 86.4. The van der Waals surface area contributed by atoms with E-state index in [0.717, 1.165) is 73.0 Å². The van der Waals surface area contributed by atoms with Gasteiger partial charge in [0.15, 0.2) is 0 Å². The van der Waals surface area contributed by atoms with Crippen LogP contribution in [0.3, 0.4) is 0 Å². The van der Waals surface area contributed by atoms with Crippen molar-refractivity contribution in [2.75, 3.05) is 39.6 Å². The first kappa shape index (κ1) is 97.0. The summed E-state index contributed by atoms with van der Waals surface area (Å²) in [6.45, 7) is 45.8. The molecule has 0 unspecified atom stereocenters. The summed E-state index contributed by atoms with van der Waals surface area (Å²) in [6, 6.07) is 50.8. The average Bonchev–Trinajstić information content (AvgIpc) is 0.745. The van der Waals surface area contributed by atoms with Crippen molar-refractivity contribution in [1.29, 1.82) is 0 Å². The van der Waals surface area contributed by atoms with E-state index in [2.05, 4.69) is 252 Å². The lowest BCUT2D eigenvalue weighted by atomic mass is 9.90. The normalized spacial score (nSPS) is 11.5. The zero-order valence-corrected chi connectivity index (χ0v) is 80.1. The molecule has 121 heavy (non-hydrogen) atoms. The zero-order valence-electron chi connectivity index (χ0n) is 79.2. The number of hydrogen-bond acceptors (Lipinski definition) is 6. The van der Waals surface area contributed by atoms with Gasteiger partial charge in [0.1, 0.15) is 34.5 Å². The Morgan fingerprint density at radius 1 is 0.157 bits per heavy atom. The van der Waals surface area contributed by atoms with E-state index in [4.69, 9.17) is 28.4 Å².